The monoisotopic (exact) mass is 399 g/mol. The molecule has 1 saturated carbocycles. The molecule has 1 fully saturated rings. The molecule has 5 rings (SSSR count). The summed E-state index contributed by atoms with van der Waals surface area (Å²) in [5, 5.41) is 8.39. The van der Waals surface area contributed by atoms with Crippen molar-refractivity contribution < 1.29 is 9.18 Å². The van der Waals surface area contributed by atoms with Gasteiger partial charge in [0.1, 0.15) is 5.82 Å². The van der Waals surface area contributed by atoms with Gasteiger partial charge < -0.3 is 5.32 Å². The molecule has 0 bridgehead atoms. The van der Waals surface area contributed by atoms with Crippen LogP contribution in [0.4, 0.5) is 4.39 Å². The van der Waals surface area contributed by atoms with Crippen molar-refractivity contribution >= 4 is 16.8 Å². The van der Waals surface area contributed by atoms with Crippen molar-refractivity contribution in [1.29, 1.82) is 0 Å². The average molecular weight is 399 g/mol. The van der Waals surface area contributed by atoms with Gasteiger partial charge in [-0.3, -0.25) is 4.79 Å². The Balaban J connectivity index is 1.52. The third kappa shape index (κ3) is 3.47. The van der Waals surface area contributed by atoms with Gasteiger partial charge in [0.05, 0.1) is 17.4 Å². The standard InChI is InChI=1S/C25H22FN3O/c1-16-22(12-19(13-23(16)26)25(30)27-14-17-7-8-17)18-9-10-24-20(11-18)15-28-29(24)21-5-3-2-4-6-21/h2-6,9-13,15,17H,7-8,14H2,1H3,(H,27,30). The number of rotatable bonds is 5. The number of hydrogen-bond acceptors (Lipinski definition) is 2. The third-order valence-corrected chi connectivity index (χ3v) is 5.73. The zero-order valence-electron chi connectivity index (χ0n) is 16.7. The summed E-state index contributed by atoms with van der Waals surface area (Å²) in [6, 6.07) is 19.0. The Morgan fingerprint density at radius 1 is 1.13 bits per heavy atom. The molecule has 3 aromatic carbocycles. The molecule has 1 aliphatic carbocycles. The summed E-state index contributed by atoms with van der Waals surface area (Å²) in [5.41, 5.74) is 4.43. The van der Waals surface area contributed by atoms with Gasteiger partial charge >= 0.3 is 0 Å². The lowest BCUT2D eigenvalue weighted by molar-refractivity contribution is 0.0951. The molecular formula is C25H22FN3O. The molecule has 0 spiro atoms. The van der Waals surface area contributed by atoms with Gasteiger partial charge in [-0.15, -0.1) is 0 Å². The first-order valence-corrected chi connectivity index (χ1v) is 10.2. The van der Waals surface area contributed by atoms with Crippen LogP contribution < -0.4 is 5.32 Å². The minimum Gasteiger partial charge on any atom is -0.352 e. The Morgan fingerprint density at radius 3 is 2.70 bits per heavy atom. The van der Waals surface area contributed by atoms with Crippen molar-refractivity contribution in [3.05, 3.63) is 83.8 Å². The van der Waals surface area contributed by atoms with E-state index in [9.17, 15) is 9.18 Å². The molecule has 0 radical (unpaired) electrons. The molecule has 1 heterocycles. The zero-order chi connectivity index (χ0) is 20.7. The lowest BCUT2D eigenvalue weighted by atomic mass is 9.96. The van der Waals surface area contributed by atoms with Gasteiger partial charge in [-0.2, -0.15) is 5.10 Å². The summed E-state index contributed by atoms with van der Waals surface area (Å²) < 4.78 is 16.5. The summed E-state index contributed by atoms with van der Waals surface area (Å²) in [7, 11) is 0. The molecule has 0 saturated heterocycles. The number of para-hydroxylation sites is 1. The maximum atomic E-state index is 14.6. The van der Waals surface area contributed by atoms with E-state index in [0.717, 1.165) is 40.6 Å². The minimum atomic E-state index is -0.371. The van der Waals surface area contributed by atoms with E-state index < -0.39 is 0 Å². The second-order valence-electron chi connectivity index (χ2n) is 7.95. The second-order valence-corrected chi connectivity index (χ2v) is 7.95. The molecule has 1 aliphatic rings. The highest BCUT2D eigenvalue weighted by Gasteiger charge is 2.22. The van der Waals surface area contributed by atoms with Gasteiger partial charge in [-0.05, 0) is 78.8 Å². The maximum Gasteiger partial charge on any atom is 0.251 e. The number of nitrogens with zero attached hydrogens (tertiary/aromatic N) is 2. The van der Waals surface area contributed by atoms with Crippen LogP contribution in [0.3, 0.4) is 0 Å². The fraction of sp³-hybridized carbons (Fsp3) is 0.200. The number of amides is 1. The van der Waals surface area contributed by atoms with Crippen LogP contribution in [0, 0.1) is 18.7 Å². The highest BCUT2D eigenvalue weighted by molar-refractivity contribution is 5.96. The highest BCUT2D eigenvalue weighted by atomic mass is 19.1. The molecule has 0 atom stereocenters. The van der Waals surface area contributed by atoms with Gasteiger partial charge in [0.15, 0.2) is 0 Å². The van der Waals surface area contributed by atoms with E-state index in [-0.39, 0.29) is 11.7 Å². The van der Waals surface area contributed by atoms with Crippen molar-refractivity contribution in [2.24, 2.45) is 5.92 Å². The quantitative estimate of drug-likeness (QED) is 0.496. The van der Waals surface area contributed by atoms with Crippen molar-refractivity contribution in [1.82, 2.24) is 15.1 Å². The second kappa shape index (κ2) is 7.41. The van der Waals surface area contributed by atoms with Crippen LogP contribution in [0.15, 0.2) is 66.9 Å². The van der Waals surface area contributed by atoms with Crippen LogP contribution >= 0.6 is 0 Å². The molecular weight excluding hydrogens is 377 g/mol. The molecule has 4 nitrogen and oxygen atoms in total. The Hall–Kier alpha value is -3.47. The molecule has 150 valence electrons. The summed E-state index contributed by atoms with van der Waals surface area (Å²) >= 11 is 0. The maximum absolute atomic E-state index is 14.6. The molecule has 5 heteroatoms. The van der Waals surface area contributed by atoms with E-state index in [1.54, 1.807) is 13.0 Å². The number of carbonyl (C=O) groups excluding carboxylic acids is 1. The van der Waals surface area contributed by atoms with Crippen LogP contribution in [0.1, 0.15) is 28.8 Å². The van der Waals surface area contributed by atoms with Crippen molar-refractivity contribution in [3.8, 4) is 16.8 Å². The Labute approximate surface area is 174 Å². The number of benzene rings is 3. The molecule has 1 amide bonds. The van der Waals surface area contributed by atoms with Crippen LogP contribution in [0.2, 0.25) is 0 Å². The summed E-state index contributed by atoms with van der Waals surface area (Å²) in [6.07, 6.45) is 4.12. The van der Waals surface area contributed by atoms with Gasteiger partial charge in [-0.25, -0.2) is 9.07 Å². The van der Waals surface area contributed by atoms with Crippen LogP contribution in [-0.2, 0) is 0 Å². The van der Waals surface area contributed by atoms with Gasteiger partial charge in [0.25, 0.3) is 5.91 Å². The SMILES string of the molecule is Cc1c(F)cc(C(=O)NCC2CC2)cc1-c1ccc2c(cnn2-c2ccccc2)c1. The largest absolute Gasteiger partial charge is 0.352 e. The first-order chi connectivity index (χ1) is 14.6. The summed E-state index contributed by atoms with van der Waals surface area (Å²) in [6.45, 7) is 2.41. The fourth-order valence-electron chi connectivity index (χ4n) is 3.75. The molecule has 30 heavy (non-hydrogen) atoms. The predicted octanol–water partition coefficient (Wildman–Crippen LogP) is 5.28. The van der Waals surface area contributed by atoms with E-state index in [4.69, 9.17) is 0 Å². The van der Waals surface area contributed by atoms with Crippen molar-refractivity contribution in [3.63, 3.8) is 0 Å². The number of nitrogens with one attached hydrogen (secondary N) is 1. The minimum absolute atomic E-state index is 0.222. The third-order valence-electron chi connectivity index (χ3n) is 5.73. The average Bonchev–Trinajstić information content (AvgIpc) is 3.51. The van der Waals surface area contributed by atoms with Gasteiger partial charge in [0, 0.05) is 17.5 Å². The van der Waals surface area contributed by atoms with Crippen LogP contribution in [0.5, 0.6) is 0 Å². The van der Waals surface area contributed by atoms with E-state index >= 15 is 0 Å². The Kier molecular flexibility index (Phi) is 4.58. The number of fused-ring (bicyclic) bond motifs is 1. The normalized spacial score (nSPS) is 13.5. The van der Waals surface area contributed by atoms with E-state index in [1.807, 2.05) is 59.4 Å². The lowest BCUT2D eigenvalue weighted by Gasteiger charge is -2.12. The molecule has 0 aliphatic heterocycles. The van der Waals surface area contributed by atoms with E-state index in [0.29, 0.717) is 23.6 Å². The molecule has 1 aromatic heterocycles. The molecule has 0 unspecified atom stereocenters. The fourth-order valence-corrected chi connectivity index (χ4v) is 3.75. The number of aromatic nitrogens is 2. The number of halogens is 1. The van der Waals surface area contributed by atoms with Crippen LogP contribution in [-0.4, -0.2) is 22.2 Å². The number of carbonyl (C=O) groups is 1. The number of hydrogen-bond donors (Lipinski definition) is 1. The van der Waals surface area contributed by atoms with Gasteiger partial charge in [0.2, 0.25) is 0 Å². The van der Waals surface area contributed by atoms with Crippen LogP contribution in [0.25, 0.3) is 27.7 Å². The smallest absolute Gasteiger partial charge is 0.251 e. The van der Waals surface area contributed by atoms with Gasteiger partial charge in [-0.1, -0.05) is 24.3 Å². The lowest BCUT2D eigenvalue weighted by Crippen LogP contribution is -2.25. The first kappa shape index (κ1) is 18.6. The highest BCUT2D eigenvalue weighted by Crippen LogP contribution is 2.31. The Bertz CT molecular complexity index is 1240. The van der Waals surface area contributed by atoms with Crippen molar-refractivity contribution in [2.75, 3.05) is 6.54 Å². The summed E-state index contributed by atoms with van der Waals surface area (Å²) in [4.78, 5) is 12.5. The summed E-state index contributed by atoms with van der Waals surface area (Å²) in [5.74, 6) is -0.0172. The van der Waals surface area contributed by atoms with E-state index in [1.165, 1.54) is 6.07 Å². The van der Waals surface area contributed by atoms with Crippen molar-refractivity contribution in [2.45, 2.75) is 19.8 Å². The molecule has 4 aromatic rings. The predicted molar refractivity (Wildman–Crippen MR) is 116 cm³/mol. The molecule has 1 N–H and O–H groups in total. The topological polar surface area (TPSA) is 46.9 Å². The van der Waals surface area contributed by atoms with E-state index in [2.05, 4.69) is 10.4 Å². The first-order valence-electron chi connectivity index (χ1n) is 10.2. The Morgan fingerprint density at radius 2 is 1.93 bits per heavy atom. The zero-order valence-corrected chi connectivity index (χ0v) is 16.7.